The van der Waals surface area contributed by atoms with Crippen LogP contribution in [0.5, 0.6) is 0 Å². The SMILES string of the molecule is CC.O=c1nc2n(CCCc3ccccc3)c3ccccc3nc-2c(=O)[nH]1. The van der Waals surface area contributed by atoms with Crippen molar-refractivity contribution in [2.75, 3.05) is 0 Å². The number of nitrogens with one attached hydrogen (secondary N) is 1. The van der Waals surface area contributed by atoms with Gasteiger partial charge in [0, 0.05) is 6.54 Å². The number of H-pyrrole nitrogens is 1. The Balaban J connectivity index is 0.00000102. The summed E-state index contributed by atoms with van der Waals surface area (Å²) in [5, 5.41) is 0. The van der Waals surface area contributed by atoms with Gasteiger partial charge in [0.2, 0.25) is 0 Å². The molecular formula is C21H22N4O2. The molecule has 0 radical (unpaired) electrons. The second kappa shape index (κ2) is 8.40. The first-order valence-electron chi connectivity index (χ1n) is 9.16. The van der Waals surface area contributed by atoms with Gasteiger partial charge in [0.1, 0.15) is 0 Å². The van der Waals surface area contributed by atoms with E-state index in [0.717, 1.165) is 18.4 Å². The zero-order valence-corrected chi connectivity index (χ0v) is 15.5. The summed E-state index contributed by atoms with van der Waals surface area (Å²) in [6.45, 7) is 4.64. The summed E-state index contributed by atoms with van der Waals surface area (Å²) in [4.78, 5) is 34.4. The van der Waals surface area contributed by atoms with Crippen molar-refractivity contribution in [2.45, 2.75) is 33.2 Å². The number of nitrogens with zero attached hydrogens (tertiary/aromatic N) is 3. The summed E-state index contributed by atoms with van der Waals surface area (Å²) >= 11 is 0. The molecule has 0 saturated heterocycles. The molecule has 0 unspecified atom stereocenters. The molecule has 0 atom stereocenters. The predicted molar refractivity (Wildman–Crippen MR) is 107 cm³/mol. The fraction of sp³-hybridized carbons (Fsp3) is 0.238. The van der Waals surface area contributed by atoms with Crippen LogP contribution in [0.15, 0.2) is 64.2 Å². The van der Waals surface area contributed by atoms with Gasteiger partial charge in [-0.05, 0) is 30.5 Å². The lowest BCUT2D eigenvalue weighted by atomic mass is 10.1. The standard InChI is InChI=1S/C19H16N4O2.C2H6/c24-18-16-17(21-19(25)22-18)23(15-11-5-4-10-14(15)20-16)12-6-9-13-7-2-1-3-8-13;1-2/h1-5,7-8,10-11H,6,9,12H2,(H,22,24,25);1-2H3. The molecule has 0 aromatic heterocycles. The molecule has 0 saturated carbocycles. The molecule has 0 bridgehead atoms. The van der Waals surface area contributed by atoms with E-state index in [9.17, 15) is 9.59 Å². The molecule has 2 aliphatic heterocycles. The van der Waals surface area contributed by atoms with Crippen LogP contribution in [-0.2, 0) is 13.0 Å². The van der Waals surface area contributed by atoms with Crippen LogP contribution in [-0.4, -0.2) is 19.5 Å². The molecule has 2 aliphatic rings. The van der Waals surface area contributed by atoms with Crippen molar-refractivity contribution in [1.82, 2.24) is 19.5 Å². The van der Waals surface area contributed by atoms with E-state index < -0.39 is 11.2 Å². The number of benzene rings is 2. The highest BCUT2D eigenvalue weighted by molar-refractivity contribution is 5.79. The smallest absolute Gasteiger partial charge is 0.322 e. The molecule has 0 amide bonds. The topological polar surface area (TPSA) is 80.6 Å². The molecule has 4 rings (SSSR count). The number of aryl methyl sites for hydroxylation is 2. The fourth-order valence-electron chi connectivity index (χ4n) is 3.06. The van der Waals surface area contributed by atoms with Crippen LogP contribution in [0, 0.1) is 0 Å². The summed E-state index contributed by atoms with van der Waals surface area (Å²) in [5.74, 6) is 0.334. The summed E-state index contributed by atoms with van der Waals surface area (Å²) in [5.41, 5.74) is 1.87. The van der Waals surface area contributed by atoms with Crippen LogP contribution in [0.25, 0.3) is 22.6 Å². The third-order valence-electron chi connectivity index (χ3n) is 4.21. The van der Waals surface area contributed by atoms with E-state index in [1.807, 2.05) is 60.9 Å². The number of hydrogen-bond donors (Lipinski definition) is 1. The lowest BCUT2D eigenvalue weighted by Gasteiger charge is -2.16. The molecule has 2 heterocycles. The van der Waals surface area contributed by atoms with Crippen molar-refractivity contribution >= 4 is 11.0 Å². The van der Waals surface area contributed by atoms with Gasteiger partial charge in [-0.3, -0.25) is 9.78 Å². The largest absolute Gasteiger partial charge is 0.349 e. The van der Waals surface area contributed by atoms with Crippen LogP contribution in [0.3, 0.4) is 0 Å². The summed E-state index contributed by atoms with van der Waals surface area (Å²) in [6.07, 6.45) is 1.76. The maximum atomic E-state index is 12.1. The van der Waals surface area contributed by atoms with Crippen LogP contribution < -0.4 is 11.2 Å². The van der Waals surface area contributed by atoms with Crippen molar-refractivity contribution in [2.24, 2.45) is 0 Å². The van der Waals surface area contributed by atoms with Gasteiger partial charge in [0.05, 0.1) is 11.0 Å². The average Bonchev–Trinajstić information content (AvgIpc) is 2.70. The van der Waals surface area contributed by atoms with Gasteiger partial charge in [0.25, 0.3) is 5.56 Å². The van der Waals surface area contributed by atoms with E-state index in [4.69, 9.17) is 0 Å². The Morgan fingerprint density at radius 2 is 1.63 bits per heavy atom. The Labute approximate surface area is 156 Å². The minimum atomic E-state index is -0.647. The molecule has 0 aliphatic carbocycles. The van der Waals surface area contributed by atoms with Gasteiger partial charge in [-0.2, -0.15) is 4.98 Å². The molecule has 0 spiro atoms. The second-order valence-electron chi connectivity index (χ2n) is 5.88. The molecule has 0 fully saturated rings. The Bertz CT molecular complexity index is 1120. The average molecular weight is 362 g/mol. The highest BCUT2D eigenvalue weighted by Crippen LogP contribution is 2.21. The van der Waals surface area contributed by atoms with Gasteiger partial charge < -0.3 is 4.57 Å². The van der Waals surface area contributed by atoms with Crippen molar-refractivity contribution < 1.29 is 0 Å². The molecule has 27 heavy (non-hydrogen) atoms. The lowest BCUT2D eigenvalue weighted by molar-refractivity contribution is 0.649. The lowest BCUT2D eigenvalue weighted by Crippen LogP contribution is -2.29. The van der Waals surface area contributed by atoms with E-state index in [2.05, 4.69) is 27.1 Å². The van der Waals surface area contributed by atoms with E-state index in [1.54, 1.807) is 0 Å². The van der Waals surface area contributed by atoms with Crippen LogP contribution >= 0.6 is 0 Å². The summed E-state index contributed by atoms with van der Waals surface area (Å²) in [6, 6.07) is 17.8. The van der Waals surface area contributed by atoms with E-state index in [0.29, 0.717) is 17.9 Å². The molecule has 2 aromatic carbocycles. The predicted octanol–water partition coefficient (Wildman–Crippen LogP) is 3.24. The van der Waals surface area contributed by atoms with E-state index in [1.165, 1.54) is 5.56 Å². The Hall–Kier alpha value is -3.28. The number of rotatable bonds is 4. The van der Waals surface area contributed by atoms with Gasteiger partial charge in [0.15, 0.2) is 11.5 Å². The number of aromatic amines is 1. The minimum Gasteiger partial charge on any atom is -0.322 e. The first-order valence-corrected chi connectivity index (χ1v) is 9.16. The maximum absolute atomic E-state index is 12.1. The molecule has 2 aromatic rings. The zero-order valence-electron chi connectivity index (χ0n) is 15.5. The molecule has 1 N–H and O–H groups in total. The van der Waals surface area contributed by atoms with E-state index in [-0.39, 0.29) is 5.69 Å². The fourth-order valence-corrected chi connectivity index (χ4v) is 3.06. The van der Waals surface area contributed by atoms with Gasteiger partial charge >= 0.3 is 5.69 Å². The third-order valence-corrected chi connectivity index (χ3v) is 4.21. The normalized spacial score (nSPS) is 10.6. The first kappa shape index (κ1) is 18.5. The monoisotopic (exact) mass is 362 g/mol. The van der Waals surface area contributed by atoms with Crippen molar-refractivity contribution in [3.8, 4) is 11.5 Å². The Morgan fingerprint density at radius 1 is 0.926 bits per heavy atom. The summed E-state index contributed by atoms with van der Waals surface area (Å²) in [7, 11) is 0. The van der Waals surface area contributed by atoms with Crippen molar-refractivity contribution in [3.05, 3.63) is 81.0 Å². The Kier molecular flexibility index (Phi) is 5.76. The van der Waals surface area contributed by atoms with Crippen molar-refractivity contribution in [1.29, 1.82) is 0 Å². The number of para-hydroxylation sites is 2. The first-order chi connectivity index (χ1) is 13.2. The van der Waals surface area contributed by atoms with Gasteiger partial charge in [-0.1, -0.05) is 56.3 Å². The van der Waals surface area contributed by atoms with Crippen LogP contribution in [0.2, 0.25) is 0 Å². The molecule has 6 heteroatoms. The third kappa shape index (κ3) is 3.95. The maximum Gasteiger partial charge on any atom is 0.349 e. The zero-order chi connectivity index (χ0) is 19.2. The molecule has 6 nitrogen and oxygen atoms in total. The highest BCUT2D eigenvalue weighted by Gasteiger charge is 2.18. The van der Waals surface area contributed by atoms with E-state index >= 15 is 0 Å². The quantitative estimate of drug-likeness (QED) is 0.565. The van der Waals surface area contributed by atoms with Crippen molar-refractivity contribution in [3.63, 3.8) is 0 Å². The molecule has 138 valence electrons. The highest BCUT2D eigenvalue weighted by atomic mass is 16.2. The van der Waals surface area contributed by atoms with Crippen LogP contribution in [0.4, 0.5) is 0 Å². The summed E-state index contributed by atoms with van der Waals surface area (Å²) < 4.78 is 1.91. The second-order valence-corrected chi connectivity index (χ2v) is 5.88. The van der Waals surface area contributed by atoms with Crippen LogP contribution in [0.1, 0.15) is 25.8 Å². The number of fused-ring (bicyclic) bond motifs is 2. The van der Waals surface area contributed by atoms with Gasteiger partial charge in [-0.15, -0.1) is 0 Å². The van der Waals surface area contributed by atoms with Gasteiger partial charge in [-0.25, -0.2) is 9.78 Å². The molecular weight excluding hydrogens is 340 g/mol. The number of hydrogen-bond acceptors (Lipinski definition) is 4. The number of aromatic nitrogens is 4. The minimum absolute atomic E-state index is 0.193. The Morgan fingerprint density at radius 3 is 2.41 bits per heavy atom.